The van der Waals surface area contributed by atoms with Gasteiger partial charge < -0.3 is 15.4 Å². The van der Waals surface area contributed by atoms with Crippen molar-refractivity contribution in [1.82, 2.24) is 10.6 Å². The topological polar surface area (TPSA) is 33.3 Å². The Kier molecular flexibility index (Phi) is 8.77. The van der Waals surface area contributed by atoms with Crippen LogP contribution in [-0.4, -0.2) is 33.3 Å². The number of ether oxygens (including phenoxy) is 1. The molecular formula is C26H32N2O. The fourth-order valence-corrected chi connectivity index (χ4v) is 3.70. The third kappa shape index (κ3) is 6.74. The lowest BCUT2D eigenvalue weighted by molar-refractivity contribution is 0.409. The van der Waals surface area contributed by atoms with Gasteiger partial charge in [-0.2, -0.15) is 0 Å². The van der Waals surface area contributed by atoms with Crippen molar-refractivity contribution in [2.45, 2.75) is 18.8 Å². The van der Waals surface area contributed by atoms with E-state index in [-0.39, 0.29) is 0 Å². The van der Waals surface area contributed by atoms with Crippen LogP contribution in [0.15, 0.2) is 84.9 Å². The Labute approximate surface area is 175 Å². The minimum absolute atomic E-state index is 0.434. The summed E-state index contributed by atoms with van der Waals surface area (Å²) in [7, 11) is 1.73. The molecule has 0 atom stereocenters. The third-order valence-electron chi connectivity index (χ3n) is 5.26. The van der Waals surface area contributed by atoms with Gasteiger partial charge >= 0.3 is 0 Å². The highest BCUT2D eigenvalue weighted by Crippen LogP contribution is 2.27. The highest BCUT2D eigenvalue weighted by atomic mass is 16.5. The molecule has 0 unspecified atom stereocenters. The Hall–Kier alpha value is -2.62. The molecule has 3 aromatic carbocycles. The molecule has 0 aliphatic rings. The van der Waals surface area contributed by atoms with E-state index in [1.54, 1.807) is 7.11 Å². The first-order chi connectivity index (χ1) is 14.4. The van der Waals surface area contributed by atoms with E-state index in [0.29, 0.717) is 5.92 Å². The zero-order valence-electron chi connectivity index (χ0n) is 17.3. The smallest absolute Gasteiger partial charge is 0.122 e. The Bertz CT molecular complexity index is 781. The van der Waals surface area contributed by atoms with Gasteiger partial charge in [-0.1, -0.05) is 78.9 Å². The lowest BCUT2D eigenvalue weighted by atomic mass is 9.88. The first-order valence-electron chi connectivity index (χ1n) is 10.5. The third-order valence-corrected chi connectivity index (χ3v) is 5.26. The molecule has 2 N–H and O–H groups in total. The van der Waals surface area contributed by atoms with E-state index in [2.05, 4.69) is 83.4 Å². The molecule has 0 aromatic heterocycles. The Balaban J connectivity index is 1.37. The summed E-state index contributed by atoms with van der Waals surface area (Å²) in [4.78, 5) is 0. The van der Waals surface area contributed by atoms with Gasteiger partial charge in [0.1, 0.15) is 5.75 Å². The summed E-state index contributed by atoms with van der Waals surface area (Å²) in [5.41, 5.74) is 4.02. The van der Waals surface area contributed by atoms with Crippen molar-refractivity contribution in [3.63, 3.8) is 0 Å². The minimum atomic E-state index is 0.434. The highest BCUT2D eigenvalue weighted by Gasteiger charge is 2.13. The molecule has 3 rings (SSSR count). The summed E-state index contributed by atoms with van der Waals surface area (Å²) in [5.74, 6) is 1.41. The molecule has 3 nitrogen and oxygen atoms in total. The zero-order valence-corrected chi connectivity index (χ0v) is 17.3. The fourth-order valence-electron chi connectivity index (χ4n) is 3.70. The number of para-hydroxylation sites is 1. The summed E-state index contributed by atoms with van der Waals surface area (Å²) >= 11 is 0. The van der Waals surface area contributed by atoms with E-state index in [9.17, 15) is 0 Å². The van der Waals surface area contributed by atoms with Gasteiger partial charge in [0.05, 0.1) is 7.11 Å². The maximum atomic E-state index is 5.41. The van der Waals surface area contributed by atoms with Crippen molar-refractivity contribution in [2.75, 3.05) is 33.3 Å². The van der Waals surface area contributed by atoms with Gasteiger partial charge in [0.2, 0.25) is 0 Å². The first-order valence-corrected chi connectivity index (χ1v) is 10.5. The molecule has 152 valence electrons. The van der Waals surface area contributed by atoms with E-state index in [1.165, 1.54) is 16.7 Å². The van der Waals surface area contributed by atoms with Crippen LogP contribution in [0, 0.1) is 0 Å². The molecule has 0 spiro atoms. The lowest BCUT2D eigenvalue weighted by Gasteiger charge is -2.18. The van der Waals surface area contributed by atoms with Crippen molar-refractivity contribution in [2.24, 2.45) is 0 Å². The van der Waals surface area contributed by atoms with Crippen LogP contribution >= 0.6 is 0 Å². The predicted molar refractivity (Wildman–Crippen MR) is 122 cm³/mol. The second-order valence-electron chi connectivity index (χ2n) is 7.22. The standard InChI is InChI=1S/C26H32N2O/c1-29-26-15-9-8-14-24(26)16-18-27-20-21-28-19-17-25(22-10-4-2-5-11-22)23-12-6-3-7-13-23/h2-15,25,27-28H,16-21H2,1H3. The van der Waals surface area contributed by atoms with Crippen LogP contribution in [0.4, 0.5) is 0 Å². The van der Waals surface area contributed by atoms with Gasteiger partial charge in [0, 0.05) is 19.0 Å². The van der Waals surface area contributed by atoms with Gasteiger partial charge in [0.15, 0.2) is 0 Å². The average Bonchev–Trinajstić information content (AvgIpc) is 2.79. The molecule has 0 aliphatic heterocycles. The summed E-state index contributed by atoms with van der Waals surface area (Å²) in [6, 6.07) is 29.8. The molecule has 0 bridgehead atoms. The number of nitrogens with one attached hydrogen (secondary N) is 2. The quantitative estimate of drug-likeness (QED) is 0.444. The molecule has 0 saturated heterocycles. The molecule has 3 heteroatoms. The fraction of sp³-hybridized carbons (Fsp3) is 0.308. The van der Waals surface area contributed by atoms with E-state index in [4.69, 9.17) is 4.74 Å². The maximum absolute atomic E-state index is 5.41. The van der Waals surface area contributed by atoms with Gasteiger partial charge in [-0.25, -0.2) is 0 Å². The number of hydrogen-bond acceptors (Lipinski definition) is 3. The summed E-state index contributed by atoms with van der Waals surface area (Å²) in [6.07, 6.45) is 2.07. The molecule has 0 fully saturated rings. The van der Waals surface area contributed by atoms with Gasteiger partial charge in [-0.05, 0) is 48.7 Å². The maximum Gasteiger partial charge on any atom is 0.122 e. The molecule has 0 aliphatic carbocycles. The molecule has 3 aromatic rings. The van der Waals surface area contributed by atoms with Crippen LogP contribution in [-0.2, 0) is 6.42 Å². The van der Waals surface area contributed by atoms with Crippen molar-refractivity contribution in [3.05, 3.63) is 102 Å². The SMILES string of the molecule is COc1ccccc1CCNCCNCCC(c1ccccc1)c1ccccc1. The summed E-state index contributed by atoms with van der Waals surface area (Å²) < 4.78 is 5.41. The molecule has 0 radical (unpaired) electrons. The lowest BCUT2D eigenvalue weighted by Crippen LogP contribution is -2.29. The molecule has 29 heavy (non-hydrogen) atoms. The van der Waals surface area contributed by atoms with Crippen molar-refractivity contribution in [3.8, 4) is 5.75 Å². The molecule has 0 saturated carbocycles. The largest absolute Gasteiger partial charge is 0.496 e. The van der Waals surface area contributed by atoms with Crippen molar-refractivity contribution >= 4 is 0 Å². The van der Waals surface area contributed by atoms with E-state index >= 15 is 0 Å². The second kappa shape index (κ2) is 12.1. The Morgan fingerprint density at radius 1 is 0.655 bits per heavy atom. The van der Waals surface area contributed by atoms with Crippen molar-refractivity contribution < 1.29 is 4.74 Å². The minimum Gasteiger partial charge on any atom is -0.496 e. The number of methoxy groups -OCH3 is 1. The van der Waals surface area contributed by atoms with E-state index in [0.717, 1.165) is 44.8 Å². The number of hydrogen-bond donors (Lipinski definition) is 2. The molecule has 0 heterocycles. The van der Waals surface area contributed by atoms with Gasteiger partial charge in [-0.3, -0.25) is 0 Å². The second-order valence-corrected chi connectivity index (χ2v) is 7.22. The molecular weight excluding hydrogens is 356 g/mol. The predicted octanol–water partition coefficient (Wildman–Crippen LogP) is 4.64. The monoisotopic (exact) mass is 388 g/mol. The number of benzene rings is 3. The van der Waals surface area contributed by atoms with Crippen LogP contribution < -0.4 is 15.4 Å². The normalized spacial score (nSPS) is 11.0. The number of rotatable bonds is 12. The van der Waals surface area contributed by atoms with Crippen LogP contribution in [0.25, 0.3) is 0 Å². The summed E-state index contributed by atoms with van der Waals surface area (Å²) in [6.45, 7) is 3.90. The zero-order chi connectivity index (χ0) is 20.2. The molecule has 0 amide bonds. The average molecular weight is 389 g/mol. The van der Waals surface area contributed by atoms with Crippen LogP contribution in [0.1, 0.15) is 29.0 Å². The van der Waals surface area contributed by atoms with Crippen molar-refractivity contribution in [1.29, 1.82) is 0 Å². The highest BCUT2D eigenvalue weighted by molar-refractivity contribution is 5.33. The van der Waals surface area contributed by atoms with E-state index < -0.39 is 0 Å². The summed E-state index contributed by atoms with van der Waals surface area (Å²) in [5, 5.41) is 7.11. The van der Waals surface area contributed by atoms with Gasteiger partial charge in [-0.15, -0.1) is 0 Å². The van der Waals surface area contributed by atoms with Crippen LogP contribution in [0.2, 0.25) is 0 Å². The van der Waals surface area contributed by atoms with E-state index in [1.807, 2.05) is 12.1 Å². The van der Waals surface area contributed by atoms with Crippen LogP contribution in [0.5, 0.6) is 5.75 Å². The Morgan fingerprint density at radius 3 is 1.83 bits per heavy atom. The van der Waals surface area contributed by atoms with Crippen LogP contribution in [0.3, 0.4) is 0 Å². The first kappa shape index (κ1) is 21.1. The van der Waals surface area contributed by atoms with Gasteiger partial charge in [0.25, 0.3) is 0 Å². The Morgan fingerprint density at radius 2 is 1.21 bits per heavy atom.